The van der Waals surface area contributed by atoms with Crippen LogP contribution in [0, 0.1) is 13.8 Å². The van der Waals surface area contributed by atoms with Gasteiger partial charge in [0.2, 0.25) is 14.9 Å². The largest absolute Gasteiger partial charge is 0.356 e. The molecule has 0 amide bonds. The molecule has 0 unspecified atom stereocenters. The number of hydrogen-bond acceptors (Lipinski definition) is 6. The number of piperidine rings is 1. The van der Waals surface area contributed by atoms with Gasteiger partial charge in [-0.15, -0.1) is 5.10 Å². The van der Waals surface area contributed by atoms with E-state index in [9.17, 15) is 8.42 Å². The molecule has 0 spiro atoms. The van der Waals surface area contributed by atoms with Gasteiger partial charge in [-0.3, -0.25) is 0 Å². The first-order valence-electron chi connectivity index (χ1n) is 10.2. The summed E-state index contributed by atoms with van der Waals surface area (Å²) in [5.41, 5.74) is 3.03. The van der Waals surface area contributed by atoms with Crippen LogP contribution in [0.25, 0.3) is 16.6 Å². The number of aryl methyl sites for hydroxylation is 2. The summed E-state index contributed by atoms with van der Waals surface area (Å²) in [6.45, 7) is 5.68. The highest BCUT2D eigenvalue weighted by molar-refractivity contribution is 7.91. The van der Waals surface area contributed by atoms with E-state index in [0.29, 0.717) is 0 Å². The average Bonchev–Trinajstić information content (AvgIpc) is 3.21. The van der Waals surface area contributed by atoms with Crippen molar-refractivity contribution >= 4 is 32.2 Å². The van der Waals surface area contributed by atoms with E-state index in [1.165, 1.54) is 10.9 Å². The molecule has 0 saturated carbocycles. The first-order valence-corrected chi connectivity index (χ1v) is 11.7. The predicted octanol–water partition coefficient (Wildman–Crippen LogP) is 3.72. The minimum Gasteiger partial charge on any atom is -0.356 e. The molecule has 2 aromatic heterocycles. The van der Waals surface area contributed by atoms with E-state index in [-0.39, 0.29) is 15.6 Å². The Balaban J connectivity index is 1.76. The van der Waals surface area contributed by atoms with Gasteiger partial charge in [0.05, 0.1) is 10.4 Å². The summed E-state index contributed by atoms with van der Waals surface area (Å²) in [4.78, 5) is 7.26. The summed E-state index contributed by atoms with van der Waals surface area (Å²) in [6.07, 6.45) is 3.41. The lowest BCUT2D eigenvalue weighted by molar-refractivity contribution is 0.575. The van der Waals surface area contributed by atoms with Gasteiger partial charge in [0.1, 0.15) is 5.82 Å². The SMILES string of the molecule is Cc1ccc(S(=O)(=O)c2nnn3c2nc(N2CCCCC2)c2ccccc23)cc1C. The molecule has 5 rings (SSSR count). The summed E-state index contributed by atoms with van der Waals surface area (Å²) in [6, 6.07) is 12.9. The maximum absolute atomic E-state index is 13.4. The molecule has 7 nitrogen and oxygen atoms in total. The van der Waals surface area contributed by atoms with Gasteiger partial charge >= 0.3 is 0 Å². The van der Waals surface area contributed by atoms with Crippen molar-refractivity contribution in [3.8, 4) is 0 Å². The smallest absolute Gasteiger partial charge is 0.229 e. The van der Waals surface area contributed by atoms with Crippen LogP contribution in [0.15, 0.2) is 52.4 Å². The van der Waals surface area contributed by atoms with Crippen molar-refractivity contribution in [1.29, 1.82) is 0 Å². The van der Waals surface area contributed by atoms with Crippen LogP contribution in [0.3, 0.4) is 0 Å². The zero-order valence-corrected chi connectivity index (χ0v) is 17.9. The lowest BCUT2D eigenvalue weighted by Gasteiger charge is -2.28. The lowest BCUT2D eigenvalue weighted by atomic mass is 10.1. The van der Waals surface area contributed by atoms with Crippen molar-refractivity contribution in [2.75, 3.05) is 18.0 Å². The normalized spacial score (nSPS) is 15.2. The number of aromatic nitrogens is 4. The molecular formula is C22H23N5O2S. The van der Waals surface area contributed by atoms with Crippen molar-refractivity contribution < 1.29 is 8.42 Å². The Labute approximate surface area is 175 Å². The number of rotatable bonds is 3. The summed E-state index contributed by atoms with van der Waals surface area (Å²) in [7, 11) is -3.85. The maximum Gasteiger partial charge on any atom is 0.229 e. The van der Waals surface area contributed by atoms with Gasteiger partial charge in [-0.05, 0) is 68.5 Å². The van der Waals surface area contributed by atoms with E-state index in [1.807, 2.05) is 44.2 Å². The van der Waals surface area contributed by atoms with E-state index in [4.69, 9.17) is 4.98 Å². The van der Waals surface area contributed by atoms with Crippen LogP contribution in [0.5, 0.6) is 0 Å². The number of nitrogens with zero attached hydrogens (tertiary/aromatic N) is 5. The van der Waals surface area contributed by atoms with Gasteiger partial charge in [-0.2, -0.15) is 4.52 Å². The third-order valence-corrected chi connectivity index (χ3v) is 7.55. The number of fused-ring (bicyclic) bond motifs is 3. The van der Waals surface area contributed by atoms with E-state index >= 15 is 0 Å². The Morgan fingerprint density at radius 3 is 2.47 bits per heavy atom. The number of anilines is 1. The Morgan fingerprint density at radius 1 is 0.933 bits per heavy atom. The summed E-state index contributed by atoms with van der Waals surface area (Å²) >= 11 is 0. The molecule has 30 heavy (non-hydrogen) atoms. The van der Waals surface area contributed by atoms with Crippen LogP contribution in [0.1, 0.15) is 30.4 Å². The molecule has 1 aliphatic heterocycles. The minimum atomic E-state index is -3.85. The van der Waals surface area contributed by atoms with Crippen molar-refractivity contribution in [1.82, 2.24) is 19.8 Å². The molecule has 3 heterocycles. The molecule has 0 radical (unpaired) electrons. The van der Waals surface area contributed by atoms with E-state index in [1.54, 1.807) is 12.1 Å². The number of hydrogen-bond donors (Lipinski definition) is 0. The molecule has 154 valence electrons. The first kappa shape index (κ1) is 19.0. The standard InChI is InChI=1S/C22H23N5O2S/c1-15-10-11-17(14-16(15)2)30(28,29)22-21-23-20(26-12-6-3-7-13-26)18-8-4-5-9-19(18)27(21)25-24-22/h4-5,8-11,14H,3,6-7,12-13H2,1-2H3. The molecule has 1 saturated heterocycles. The Morgan fingerprint density at radius 2 is 1.70 bits per heavy atom. The van der Waals surface area contributed by atoms with Gasteiger partial charge in [0.15, 0.2) is 5.65 Å². The highest BCUT2D eigenvalue weighted by Crippen LogP contribution is 2.31. The van der Waals surface area contributed by atoms with Crippen LogP contribution in [0.4, 0.5) is 5.82 Å². The van der Waals surface area contributed by atoms with Gasteiger partial charge < -0.3 is 4.90 Å². The summed E-state index contributed by atoms with van der Waals surface area (Å²) in [5.74, 6) is 0.802. The molecule has 8 heteroatoms. The Hall–Kier alpha value is -3.00. The zero-order valence-electron chi connectivity index (χ0n) is 17.0. The van der Waals surface area contributed by atoms with Crippen LogP contribution in [-0.4, -0.2) is 41.3 Å². The quantitative estimate of drug-likeness (QED) is 0.502. The fraction of sp³-hybridized carbons (Fsp3) is 0.318. The van der Waals surface area contributed by atoms with E-state index < -0.39 is 9.84 Å². The fourth-order valence-corrected chi connectivity index (χ4v) is 5.36. The van der Waals surface area contributed by atoms with Crippen molar-refractivity contribution in [2.45, 2.75) is 43.0 Å². The monoisotopic (exact) mass is 421 g/mol. The van der Waals surface area contributed by atoms with Gasteiger partial charge in [-0.25, -0.2) is 13.4 Å². The average molecular weight is 422 g/mol. The molecule has 0 aliphatic carbocycles. The predicted molar refractivity (Wildman–Crippen MR) is 116 cm³/mol. The molecule has 1 aliphatic rings. The molecular weight excluding hydrogens is 398 g/mol. The van der Waals surface area contributed by atoms with Crippen molar-refractivity contribution in [3.05, 3.63) is 53.6 Å². The summed E-state index contributed by atoms with van der Waals surface area (Å²) in [5, 5.41) is 9.10. The second-order valence-electron chi connectivity index (χ2n) is 7.88. The second kappa shape index (κ2) is 7.05. The van der Waals surface area contributed by atoms with Gasteiger partial charge in [-0.1, -0.05) is 23.4 Å². The Kier molecular flexibility index (Phi) is 4.47. The molecule has 0 bridgehead atoms. The Bertz CT molecular complexity index is 1370. The third kappa shape index (κ3) is 2.94. The van der Waals surface area contributed by atoms with Crippen LogP contribution in [-0.2, 0) is 9.84 Å². The van der Waals surface area contributed by atoms with Crippen LogP contribution >= 0.6 is 0 Å². The van der Waals surface area contributed by atoms with E-state index in [0.717, 1.165) is 53.8 Å². The molecule has 1 fully saturated rings. The fourth-order valence-electron chi connectivity index (χ4n) is 4.04. The highest BCUT2D eigenvalue weighted by Gasteiger charge is 2.28. The van der Waals surface area contributed by atoms with Crippen LogP contribution < -0.4 is 4.90 Å². The van der Waals surface area contributed by atoms with Crippen molar-refractivity contribution in [3.63, 3.8) is 0 Å². The minimum absolute atomic E-state index is 0.102. The molecule has 0 N–H and O–H groups in total. The van der Waals surface area contributed by atoms with E-state index in [2.05, 4.69) is 15.2 Å². The number of benzene rings is 2. The lowest BCUT2D eigenvalue weighted by Crippen LogP contribution is -2.30. The maximum atomic E-state index is 13.4. The zero-order chi connectivity index (χ0) is 20.9. The molecule has 4 aromatic rings. The third-order valence-electron chi connectivity index (χ3n) is 5.90. The summed E-state index contributed by atoms with van der Waals surface area (Å²) < 4.78 is 28.4. The molecule has 2 aromatic carbocycles. The second-order valence-corrected chi connectivity index (χ2v) is 9.74. The van der Waals surface area contributed by atoms with Gasteiger partial charge in [0.25, 0.3) is 0 Å². The van der Waals surface area contributed by atoms with Crippen molar-refractivity contribution in [2.24, 2.45) is 0 Å². The van der Waals surface area contributed by atoms with Gasteiger partial charge in [0, 0.05) is 18.5 Å². The number of para-hydroxylation sites is 1. The highest BCUT2D eigenvalue weighted by atomic mass is 32.2. The number of sulfone groups is 1. The van der Waals surface area contributed by atoms with Crippen LogP contribution in [0.2, 0.25) is 0 Å². The molecule has 0 atom stereocenters. The first-order chi connectivity index (χ1) is 14.5. The topological polar surface area (TPSA) is 80.5 Å².